The van der Waals surface area contributed by atoms with Crippen LogP contribution in [0.25, 0.3) is 11.0 Å². The molecule has 1 heterocycles. The lowest BCUT2D eigenvalue weighted by atomic mass is 10.1. The van der Waals surface area contributed by atoms with Crippen molar-refractivity contribution in [3.05, 3.63) is 30.1 Å². The zero-order valence-corrected chi connectivity index (χ0v) is 10.9. The zero-order chi connectivity index (χ0) is 12.4. The van der Waals surface area contributed by atoms with Crippen molar-refractivity contribution in [2.45, 2.75) is 39.8 Å². The molecule has 3 heteroatoms. The number of aromatic nitrogens is 2. The van der Waals surface area contributed by atoms with E-state index in [0.717, 1.165) is 24.3 Å². The molecular weight excluding hydrogens is 210 g/mol. The summed E-state index contributed by atoms with van der Waals surface area (Å²) in [7, 11) is 0. The van der Waals surface area contributed by atoms with E-state index >= 15 is 0 Å². The Labute approximate surface area is 103 Å². The number of nitrogens with two attached hydrogens (primary N) is 1. The molecule has 0 amide bonds. The molecule has 17 heavy (non-hydrogen) atoms. The number of benzene rings is 1. The summed E-state index contributed by atoms with van der Waals surface area (Å²) in [5, 5.41) is 0. The molecule has 2 N–H and O–H groups in total. The van der Waals surface area contributed by atoms with Crippen molar-refractivity contribution in [1.29, 1.82) is 0 Å². The quantitative estimate of drug-likeness (QED) is 0.878. The maximum absolute atomic E-state index is 6.25. The molecule has 0 aliphatic rings. The second kappa shape index (κ2) is 4.88. The summed E-state index contributed by atoms with van der Waals surface area (Å²) in [6.45, 7) is 7.44. The fraction of sp³-hybridized carbons (Fsp3) is 0.500. The van der Waals surface area contributed by atoms with Crippen LogP contribution in [-0.4, -0.2) is 9.55 Å². The van der Waals surface area contributed by atoms with Crippen molar-refractivity contribution in [1.82, 2.24) is 9.55 Å². The summed E-state index contributed by atoms with van der Waals surface area (Å²) < 4.78 is 2.26. The number of rotatable bonds is 4. The Morgan fingerprint density at radius 2 is 2.00 bits per heavy atom. The molecule has 1 atom stereocenters. The van der Waals surface area contributed by atoms with Gasteiger partial charge in [-0.2, -0.15) is 0 Å². The van der Waals surface area contributed by atoms with Gasteiger partial charge in [0.25, 0.3) is 0 Å². The molecule has 0 radical (unpaired) electrons. The third-order valence-electron chi connectivity index (χ3n) is 3.15. The highest BCUT2D eigenvalue weighted by atomic mass is 15.1. The first kappa shape index (κ1) is 12.1. The van der Waals surface area contributed by atoms with E-state index in [0.29, 0.717) is 5.92 Å². The minimum absolute atomic E-state index is 0.00829. The minimum atomic E-state index is 0.00829. The first-order valence-corrected chi connectivity index (χ1v) is 6.36. The van der Waals surface area contributed by atoms with Crippen LogP contribution in [0.3, 0.4) is 0 Å². The SMILES string of the molecule is CCCn1c(C(N)C(C)C)nc2ccccc21. The van der Waals surface area contributed by atoms with Crippen LogP contribution in [0.1, 0.15) is 39.1 Å². The molecule has 0 saturated carbocycles. The van der Waals surface area contributed by atoms with Gasteiger partial charge >= 0.3 is 0 Å². The third-order valence-corrected chi connectivity index (χ3v) is 3.15. The van der Waals surface area contributed by atoms with Crippen molar-refractivity contribution in [2.24, 2.45) is 11.7 Å². The van der Waals surface area contributed by atoms with Gasteiger partial charge < -0.3 is 10.3 Å². The lowest BCUT2D eigenvalue weighted by molar-refractivity contribution is 0.467. The third kappa shape index (κ3) is 2.20. The van der Waals surface area contributed by atoms with Gasteiger partial charge in [-0.15, -0.1) is 0 Å². The van der Waals surface area contributed by atoms with Crippen molar-refractivity contribution >= 4 is 11.0 Å². The second-order valence-corrected chi connectivity index (χ2v) is 4.88. The van der Waals surface area contributed by atoms with E-state index in [1.54, 1.807) is 0 Å². The molecule has 3 nitrogen and oxygen atoms in total. The van der Waals surface area contributed by atoms with Gasteiger partial charge in [0.15, 0.2) is 0 Å². The highest BCUT2D eigenvalue weighted by Crippen LogP contribution is 2.24. The van der Waals surface area contributed by atoms with E-state index in [-0.39, 0.29) is 6.04 Å². The Hall–Kier alpha value is -1.35. The van der Waals surface area contributed by atoms with E-state index < -0.39 is 0 Å². The summed E-state index contributed by atoms with van der Waals surface area (Å²) in [5.41, 5.74) is 8.49. The molecule has 1 aromatic heterocycles. The molecule has 92 valence electrons. The Kier molecular flexibility index (Phi) is 3.48. The highest BCUT2D eigenvalue weighted by Gasteiger charge is 2.18. The van der Waals surface area contributed by atoms with E-state index in [4.69, 9.17) is 10.7 Å². The molecule has 2 rings (SSSR count). The number of nitrogens with zero attached hydrogens (tertiary/aromatic N) is 2. The number of hydrogen-bond acceptors (Lipinski definition) is 2. The number of para-hydroxylation sites is 2. The average molecular weight is 231 g/mol. The topological polar surface area (TPSA) is 43.8 Å². The monoisotopic (exact) mass is 231 g/mol. The molecule has 0 saturated heterocycles. The van der Waals surface area contributed by atoms with Crippen LogP contribution in [0.15, 0.2) is 24.3 Å². The van der Waals surface area contributed by atoms with Crippen molar-refractivity contribution in [3.63, 3.8) is 0 Å². The number of hydrogen-bond donors (Lipinski definition) is 1. The van der Waals surface area contributed by atoms with Crippen molar-refractivity contribution < 1.29 is 0 Å². The van der Waals surface area contributed by atoms with Gasteiger partial charge in [0.2, 0.25) is 0 Å². The van der Waals surface area contributed by atoms with Gasteiger partial charge in [0.1, 0.15) is 5.82 Å². The van der Waals surface area contributed by atoms with Crippen LogP contribution < -0.4 is 5.73 Å². The van der Waals surface area contributed by atoms with Crippen LogP contribution in [0.5, 0.6) is 0 Å². The average Bonchev–Trinajstić information content (AvgIpc) is 2.68. The number of aryl methyl sites for hydroxylation is 1. The fourth-order valence-electron chi connectivity index (χ4n) is 2.11. The maximum atomic E-state index is 6.25. The lowest BCUT2D eigenvalue weighted by Crippen LogP contribution is -2.21. The smallest absolute Gasteiger partial charge is 0.127 e. The van der Waals surface area contributed by atoms with E-state index in [1.807, 2.05) is 6.07 Å². The molecule has 0 bridgehead atoms. The van der Waals surface area contributed by atoms with Crippen LogP contribution in [0, 0.1) is 5.92 Å². The van der Waals surface area contributed by atoms with Gasteiger partial charge in [0.05, 0.1) is 17.1 Å². The molecule has 0 spiro atoms. The predicted octanol–water partition coefficient (Wildman–Crippen LogP) is 3.10. The first-order chi connectivity index (χ1) is 8.15. The van der Waals surface area contributed by atoms with Gasteiger partial charge in [0, 0.05) is 6.54 Å². The van der Waals surface area contributed by atoms with Gasteiger partial charge in [-0.3, -0.25) is 0 Å². The van der Waals surface area contributed by atoms with Crippen molar-refractivity contribution in [2.75, 3.05) is 0 Å². The van der Waals surface area contributed by atoms with Gasteiger partial charge in [-0.1, -0.05) is 32.9 Å². The molecule has 0 fully saturated rings. The van der Waals surface area contributed by atoms with Crippen LogP contribution in [0.2, 0.25) is 0 Å². The fourth-order valence-corrected chi connectivity index (χ4v) is 2.11. The Balaban J connectivity index is 2.57. The van der Waals surface area contributed by atoms with Gasteiger partial charge in [-0.25, -0.2) is 4.98 Å². The lowest BCUT2D eigenvalue weighted by Gasteiger charge is -2.17. The highest BCUT2D eigenvalue weighted by molar-refractivity contribution is 5.76. The summed E-state index contributed by atoms with van der Waals surface area (Å²) in [4.78, 5) is 4.69. The molecule has 1 unspecified atom stereocenters. The maximum Gasteiger partial charge on any atom is 0.127 e. The van der Waals surface area contributed by atoms with Crippen LogP contribution in [0.4, 0.5) is 0 Å². The van der Waals surface area contributed by atoms with Crippen LogP contribution in [-0.2, 0) is 6.54 Å². The number of fused-ring (bicyclic) bond motifs is 1. The molecule has 1 aromatic carbocycles. The molecule has 0 aliphatic heterocycles. The van der Waals surface area contributed by atoms with Crippen molar-refractivity contribution in [3.8, 4) is 0 Å². The molecule has 0 aliphatic carbocycles. The van der Waals surface area contributed by atoms with Crippen LogP contribution >= 0.6 is 0 Å². The number of imidazole rings is 1. The predicted molar refractivity (Wildman–Crippen MR) is 71.8 cm³/mol. The zero-order valence-electron chi connectivity index (χ0n) is 10.9. The minimum Gasteiger partial charge on any atom is -0.327 e. The summed E-state index contributed by atoms with van der Waals surface area (Å²) in [6, 6.07) is 8.26. The van der Waals surface area contributed by atoms with E-state index in [2.05, 4.69) is 43.5 Å². The Morgan fingerprint density at radius 3 is 2.65 bits per heavy atom. The molecule has 2 aromatic rings. The summed E-state index contributed by atoms with van der Waals surface area (Å²) >= 11 is 0. The standard InChI is InChI=1S/C14H21N3/c1-4-9-17-12-8-6-5-7-11(12)16-14(17)13(15)10(2)3/h5-8,10,13H,4,9,15H2,1-3H3. The normalized spacial score (nSPS) is 13.5. The van der Waals surface area contributed by atoms with E-state index in [1.165, 1.54) is 5.52 Å². The molecular formula is C14H21N3. The first-order valence-electron chi connectivity index (χ1n) is 6.36. The summed E-state index contributed by atoms with van der Waals surface area (Å²) in [6.07, 6.45) is 1.10. The van der Waals surface area contributed by atoms with Gasteiger partial charge in [-0.05, 0) is 24.5 Å². The Morgan fingerprint density at radius 1 is 1.29 bits per heavy atom. The van der Waals surface area contributed by atoms with E-state index in [9.17, 15) is 0 Å². The second-order valence-electron chi connectivity index (χ2n) is 4.88. The Bertz CT molecular complexity index is 499. The summed E-state index contributed by atoms with van der Waals surface area (Å²) in [5.74, 6) is 1.42. The largest absolute Gasteiger partial charge is 0.327 e.